The molecule has 214 valence electrons. The van der Waals surface area contributed by atoms with E-state index >= 15 is 0 Å². The Morgan fingerprint density at radius 1 is 1.18 bits per heavy atom. The molecule has 0 unspecified atom stereocenters. The molecule has 3 atom stereocenters. The second-order valence-corrected chi connectivity index (χ2v) is 11.0. The van der Waals surface area contributed by atoms with Crippen LogP contribution in [0.2, 0.25) is 0 Å². The molecule has 40 heavy (non-hydrogen) atoms. The van der Waals surface area contributed by atoms with E-state index in [0.717, 1.165) is 49.3 Å². The van der Waals surface area contributed by atoms with Gasteiger partial charge in [-0.25, -0.2) is 0 Å². The molecule has 3 aliphatic heterocycles. The lowest BCUT2D eigenvalue weighted by Gasteiger charge is -2.37. The maximum absolute atomic E-state index is 13.1. The molecule has 0 radical (unpaired) electrons. The molecule has 2 fully saturated rings. The topological polar surface area (TPSA) is 96.0 Å². The van der Waals surface area contributed by atoms with Crippen LogP contribution in [0, 0.1) is 11.8 Å². The maximum Gasteiger partial charge on any atom is 0.236 e. The smallest absolute Gasteiger partial charge is 0.236 e. The van der Waals surface area contributed by atoms with E-state index in [4.69, 9.17) is 9.47 Å². The van der Waals surface area contributed by atoms with Crippen LogP contribution in [0.5, 0.6) is 5.75 Å². The zero-order chi connectivity index (χ0) is 27.7. The number of ether oxygens (including phenoxy) is 2. The first kappa shape index (κ1) is 28.1. The first-order valence-corrected chi connectivity index (χ1v) is 14.4. The third kappa shape index (κ3) is 7.20. The van der Waals surface area contributed by atoms with Crippen LogP contribution in [0.15, 0.2) is 54.9 Å². The summed E-state index contributed by atoms with van der Waals surface area (Å²) in [7, 11) is 1.76. The van der Waals surface area contributed by atoms with Gasteiger partial charge in [-0.1, -0.05) is 12.2 Å². The minimum atomic E-state index is 0.0336. The summed E-state index contributed by atoms with van der Waals surface area (Å²) < 4.78 is 11.7. The number of nitrogens with zero attached hydrogens (tertiary/aromatic N) is 3. The lowest BCUT2D eigenvalue weighted by atomic mass is 9.82. The van der Waals surface area contributed by atoms with Crippen LogP contribution in [-0.4, -0.2) is 74.2 Å². The Morgan fingerprint density at radius 2 is 2.05 bits per heavy atom. The Hall–Kier alpha value is -3.43. The average Bonchev–Trinajstić information content (AvgIpc) is 3.44. The molecule has 2 aromatic rings. The van der Waals surface area contributed by atoms with Gasteiger partial charge in [-0.2, -0.15) is 0 Å². The number of rotatable bonds is 7. The molecule has 2 saturated heterocycles. The first-order valence-electron chi connectivity index (χ1n) is 14.4. The van der Waals surface area contributed by atoms with E-state index in [1.54, 1.807) is 19.5 Å². The van der Waals surface area contributed by atoms with Gasteiger partial charge in [-0.3, -0.25) is 14.6 Å². The quantitative estimate of drug-likeness (QED) is 0.515. The molecule has 0 spiro atoms. The van der Waals surface area contributed by atoms with Crippen LogP contribution >= 0.6 is 0 Å². The molecular formula is C31H41N5O4. The summed E-state index contributed by atoms with van der Waals surface area (Å²) in [6.45, 7) is 4.77. The first-order chi connectivity index (χ1) is 19.6. The van der Waals surface area contributed by atoms with E-state index in [9.17, 15) is 9.59 Å². The molecule has 1 aromatic carbocycles. The van der Waals surface area contributed by atoms with Gasteiger partial charge in [-0.15, -0.1) is 0 Å². The summed E-state index contributed by atoms with van der Waals surface area (Å²) in [6, 6.07) is 10.5. The van der Waals surface area contributed by atoms with Gasteiger partial charge < -0.3 is 29.9 Å². The number of carbonyl (C=O) groups is 2. The van der Waals surface area contributed by atoms with Crippen molar-refractivity contribution in [2.75, 3.05) is 51.4 Å². The van der Waals surface area contributed by atoms with E-state index in [0.29, 0.717) is 45.2 Å². The Morgan fingerprint density at radius 3 is 2.90 bits per heavy atom. The molecule has 9 nitrogen and oxygen atoms in total. The van der Waals surface area contributed by atoms with Gasteiger partial charge >= 0.3 is 0 Å². The van der Waals surface area contributed by atoms with Crippen molar-refractivity contribution in [2.45, 2.75) is 44.8 Å². The van der Waals surface area contributed by atoms with Crippen molar-refractivity contribution < 1.29 is 19.1 Å². The number of methoxy groups -OCH3 is 1. The highest BCUT2D eigenvalue weighted by Gasteiger charge is 2.31. The predicted octanol–water partition coefficient (Wildman–Crippen LogP) is 2.91. The van der Waals surface area contributed by atoms with Crippen LogP contribution in [0.3, 0.4) is 0 Å². The number of benzene rings is 1. The van der Waals surface area contributed by atoms with Crippen LogP contribution in [0.4, 0.5) is 5.69 Å². The highest BCUT2D eigenvalue weighted by Crippen LogP contribution is 2.31. The van der Waals surface area contributed by atoms with Gasteiger partial charge in [-0.05, 0) is 67.0 Å². The van der Waals surface area contributed by atoms with Crippen molar-refractivity contribution in [1.29, 1.82) is 0 Å². The fourth-order valence-corrected chi connectivity index (χ4v) is 6.09. The summed E-state index contributed by atoms with van der Waals surface area (Å²) in [5, 5.41) is 6.39. The Labute approximate surface area is 236 Å². The van der Waals surface area contributed by atoms with E-state index in [1.807, 2.05) is 29.2 Å². The zero-order valence-electron chi connectivity index (χ0n) is 23.4. The fourth-order valence-electron chi connectivity index (χ4n) is 6.09. The van der Waals surface area contributed by atoms with E-state index in [-0.39, 0.29) is 30.2 Å². The van der Waals surface area contributed by atoms with Gasteiger partial charge in [0.2, 0.25) is 11.8 Å². The second kappa shape index (κ2) is 13.8. The van der Waals surface area contributed by atoms with E-state index in [2.05, 4.69) is 38.7 Å². The van der Waals surface area contributed by atoms with Crippen LogP contribution < -0.4 is 20.3 Å². The summed E-state index contributed by atoms with van der Waals surface area (Å²) in [6.07, 6.45) is 11.2. The number of aromatic nitrogens is 1. The highest BCUT2D eigenvalue weighted by atomic mass is 16.5. The van der Waals surface area contributed by atoms with Crippen molar-refractivity contribution in [1.82, 2.24) is 20.5 Å². The molecule has 0 saturated carbocycles. The van der Waals surface area contributed by atoms with Crippen LogP contribution in [0.1, 0.15) is 36.8 Å². The van der Waals surface area contributed by atoms with Gasteiger partial charge in [0.15, 0.2) is 0 Å². The SMILES string of the molecule is COC[C@@H]1CCCN1c1ccc2c(c1)CNCC(=O)N1CC[C@@H](CC(=O)NCc3ccncc3)[C@@H](/C=C\CO2)C1. The van der Waals surface area contributed by atoms with Crippen molar-refractivity contribution >= 4 is 17.5 Å². The number of nitrogens with one attached hydrogen (secondary N) is 2. The summed E-state index contributed by atoms with van der Waals surface area (Å²) in [5.74, 6) is 1.22. The Balaban J connectivity index is 1.25. The van der Waals surface area contributed by atoms with Gasteiger partial charge in [0.1, 0.15) is 12.4 Å². The largest absolute Gasteiger partial charge is 0.489 e. The Bertz CT molecular complexity index is 1170. The molecular weight excluding hydrogens is 506 g/mol. The third-order valence-electron chi connectivity index (χ3n) is 8.27. The van der Waals surface area contributed by atoms with Crippen LogP contribution in [0.25, 0.3) is 0 Å². The summed E-state index contributed by atoms with van der Waals surface area (Å²) >= 11 is 0. The summed E-state index contributed by atoms with van der Waals surface area (Å²) in [5.41, 5.74) is 3.24. The number of amides is 2. The number of hydrogen-bond acceptors (Lipinski definition) is 7. The number of carbonyl (C=O) groups excluding carboxylic acids is 2. The second-order valence-electron chi connectivity index (χ2n) is 11.0. The number of hydrogen-bond donors (Lipinski definition) is 2. The van der Waals surface area contributed by atoms with Crippen LogP contribution in [-0.2, 0) is 27.4 Å². The van der Waals surface area contributed by atoms with Crippen molar-refractivity contribution in [2.24, 2.45) is 11.8 Å². The number of fused-ring (bicyclic) bond motifs is 3. The molecule has 2 N–H and O–H groups in total. The van der Waals surface area contributed by atoms with Gasteiger partial charge in [0.05, 0.1) is 19.2 Å². The van der Waals surface area contributed by atoms with Crippen molar-refractivity contribution in [3.63, 3.8) is 0 Å². The molecule has 1 aromatic heterocycles. The Kier molecular flexibility index (Phi) is 9.67. The standard InChI is InChI=1S/C31H41N5O4/c1-39-22-28-5-2-13-36(28)27-6-7-29-26(16-27)19-33-20-31(38)35-14-10-24(25(21-35)4-3-15-40-29)17-30(37)34-18-23-8-11-32-12-9-23/h3-4,6-9,11-12,16,24-25,28,33H,2,5,10,13-15,17-22H2,1H3,(H,34,37)/b4-3-/t24-,25-,28-/m0/s1. The molecule has 9 heteroatoms. The van der Waals surface area contributed by atoms with Crippen molar-refractivity contribution in [3.8, 4) is 5.75 Å². The molecule has 2 amide bonds. The third-order valence-corrected chi connectivity index (χ3v) is 8.27. The lowest BCUT2D eigenvalue weighted by molar-refractivity contribution is -0.132. The highest BCUT2D eigenvalue weighted by molar-refractivity contribution is 5.79. The van der Waals surface area contributed by atoms with Crippen molar-refractivity contribution in [3.05, 3.63) is 66.0 Å². The molecule has 4 heterocycles. The normalized spacial score (nSPS) is 24.2. The monoisotopic (exact) mass is 547 g/mol. The molecule has 3 aliphatic rings. The predicted molar refractivity (Wildman–Crippen MR) is 154 cm³/mol. The average molecular weight is 548 g/mol. The lowest BCUT2D eigenvalue weighted by Crippen LogP contribution is -2.47. The fraction of sp³-hybridized carbons (Fsp3) is 0.516. The summed E-state index contributed by atoms with van der Waals surface area (Å²) in [4.78, 5) is 34.3. The zero-order valence-corrected chi connectivity index (χ0v) is 23.4. The van der Waals surface area contributed by atoms with Gasteiger partial charge in [0, 0.05) is 69.9 Å². The number of piperidine rings is 1. The molecule has 5 rings (SSSR count). The number of pyridine rings is 1. The van der Waals surface area contributed by atoms with E-state index < -0.39 is 0 Å². The van der Waals surface area contributed by atoms with E-state index in [1.165, 1.54) is 5.69 Å². The molecule has 0 aliphatic carbocycles. The minimum absolute atomic E-state index is 0.0336. The number of anilines is 1. The van der Waals surface area contributed by atoms with Gasteiger partial charge in [0.25, 0.3) is 0 Å². The minimum Gasteiger partial charge on any atom is -0.489 e. The molecule has 2 bridgehead atoms. The maximum atomic E-state index is 13.1.